The van der Waals surface area contributed by atoms with Crippen molar-refractivity contribution in [2.75, 3.05) is 26.8 Å². The van der Waals surface area contributed by atoms with E-state index < -0.39 is 11.6 Å². The fraction of sp³-hybridized carbons (Fsp3) is 0.600. The molecule has 0 amide bonds. The second-order valence-electron chi connectivity index (χ2n) is 5.27. The van der Waals surface area contributed by atoms with E-state index in [1.54, 1.807) is 13.2 Å². The van der Waals surface area contributed by atoms with Gasteiger partial charge in [0.15, 0.2) is 11.6 Å². The summed E-state index contributed by atoms with van der Waals surface area (Å²) in [7, 11) is 1.72. The van der Waals surface area contributed by atoms with Gasteiger partial charge in [0.25, 0.3) is 0 Å². The summed E-state index contributed by atoms with van der Waals surface area (Å²) in [4.78, 5) is 2.32. The van der Waals surface area contributed by atoms with Crippen LogP contribution in [0.15, 0.2) is 18.2 Å². The molecule has 1 aromatic carbocycles. The summed E-state index contributed by atoms with van der Waals surface area (Å²) in [5.74, 6) is -0.884. The molecule has 1 fully saturated rings. The number of hydrogen-bond acceptors (Lipinski definition) is 2. The quantitative estimate of drug-likeness (QED) is 0.814. The first-order chi connectivity index (χ1) is 9.19. The molecule has 1 unspecified atom stereocenters. The van der Waals surface area contributed by atoms with Gasteiger partial charge < -0.3 is 4.74 Å². The van der Waals surface area contributed by atoms with Gasteiger partial charge in [-0.15, -0.1) is 0 Å². The molecule has 0 bridgehead atoms. The molecule has 2 rings (SSSR count). The van der Waals surface area contributed by atoms with Crippen molar-refractivity contribution < 1.29 is 13.5 Å². The van der Waals surface area contributed by atoms with E-state index in [4.69, 9.17) is 4.74 Å². The van der Waals surface area contributed by atoms with E-state index in [0.717, 1.165) is 38.1 Å². The zero-order chi connectivity index (χ0) is 13.7. The molecule has 1 aliphatic heterocycles. The molecule has 0 N–H and O–H groups in total. The number of piperidine rings is 1. The smallest absolute Gasteiger partial charge is 0.159 e. The van der Waals surface area contributed by atoms with Gasteiger partial charge in [0.1, 0.15) is 0 Å². The SMILES string of the molecule is COCCC1CCCN(Cc2ccc(F)c(F)c2)C1. The molecule has 0 saturated carbocycles. The van der Waals surface area contributed by atoms with E-state index in [1.165, 1.54) is 18.6 Å². The molecular formula is C15H21F2NO. The molecule has 1 aliphatic rings. The maximum absolute atomic E-state index is 13.2. The van der Waals surface area contributed by atoms with Crippen molar-refractivity contribution in [2.45, 2.75) is 25.8 Å². The maximum Gasteiger partial charge on any atom is 0.159 e. The van der Waals surface area contributed by atoms with Crippen molar-refractivity contribution in [1.29, 1.82) is 0 Å². The van der Waals surface area contributed by atoms with Crippen LogP contribution in [-0.2, 0) is 11.3 Å². The Balaban J connectivity index is 1.89. The lowest BCUT2D eigenvalue weighted by atomic mass is 9.95. The minimum absolute atomic E-state index is 0.652. The number of halogens is 2. The third kappa shape index (κ3) is 4.25. The average molecular weight is 269 g/mol. The number of hydrogen-bond donors (Lipinski definition) is 0. The molecule has 0 radical (unpaired) electrons. The van der Waals surface area contributed by atoms with Crippen LogP contribution in [0.3, 0.4) is 0 Å². The molecule has 106 valence electrons. The fourth-order valence-electron chi connectivity index (χ4n) is 2.71. The first kappa shape index (κ1) is 14.4. The lowest BCUT2D eigenvalue weighted by molar-refractivity contribution is 0.123. The van der Waals surface area contributed by atoms with Gasteiger partial charge in [-0.05, 0) is 49.4 Å². The summed E-state index contributed by atoms with van der Waals surface area (Å²) in [5, 5.41) is 0. The Morgan fingerprint density at radius 2 is 2.16 bits per heavy atom. The van der Waals surface area contributed by atoms with Gasteiger partial charge in [-0.3, -0.25) is 4.90 Å². The van der Waals surface area contributed by atoms with Gasteiger partial charge in [-0.2, -0.15) is 0 Å². The molecule has 4 heteroatoms. The third-order valence-electron chi connectivity index (χ3n) is 3.72. The summed E-state index contributed by atoms with van der Waals surface area (Å²) < 4.78 is 31.2. The van der Waals surface area contributed by atoms with E-state index in [1.807, 2.05) is 0 Å². The monoisotopic (exact) mass is 269 g/mol. The highest BCUT2D eigenvalue weighted by molar-refractivity contribution is 5.17. The van der Waals surface area contributed by atoms with Gasteiger partial charge in [0.2, 0.25) is 0 Å². The number of ether oxygens (including phenoxy) is 1. The molecule has 1 saturated heterocycles. The van der Waals surface area contributed by atoms with Crippen molar-refractivity contribution in [3.05, 3.63) is 35.4 Å². The van der Waals surface area contributed by atoms with Crippen LogP contribution in [0.25, 0.3) is 0 Å². The van der Waals surface area contributed by atoms with Crippen LogP contribution in [0.2, 0.25) is 0 Å². The van der Waals surface area contributed by atoms with Crippen LogP contribution in [0.5, 0.6) is 0 Å². The highest BCUT2D eigenvalue weighted by Crippen LogP contribution is 2.21. The van der Waals surface area contributed by atoms with Gasteiger partial charge >= 0.3 is 0 Å². The van der Waals surface area contributed by atoms with Crippen molar-refractivity contribution >= 4 is 0 Å². The summed E-state index contributed by atoms with van der Waals surface area (Å²) in [6, 6.07) is 4.17. The van der Waals surface area contributed by atoms with E-state index in [9.17, 15) is 8.78 Å². The van der Waals surface area contributed by atoms with Gasteiger partial charge in [-0.25, -0.2) is 8.78 Å². The molecule has 0 spiro atoms. The van der Waals surface area contributed by atoms with Crippen molar-refractivity contribution in [1.82, 2.24) is 4.90 Å². The van der Waals surface area contributed by atoms with E-state index in [-0.39, 0.29) is 0 Å². The number of benzene rings is 1. The minimum Gasteiger partial charge on any atom is -0.385 e. The van der Waals surface area contributed by atoms with E-state index >= 15 is 0 Å². The van der Waals surface area contributed by atoms with Gasteiger partial charge in [-0.1, -0.05) is 6.07 Å². The number of likely N-dealkylation sites (tertiary alicyclic amines) is 1. The molecular weight excluding hydrogens is 248 g/mol. The zero-order valence-corrected chi connectivity index (χ0v) is 11.4. The summed E-state index contributed by atoms with van der Waals surface area (Å²) in [5.41, 5.74) is 0.839. The molecule has 2 nitrogen and oxygen atoms in total. The summed E-state index contributed by atoms with van der Waals surface area (Å²) in [6.45, 7) is 3.54. The number of methoxy groups -OCH3 is 1. The van der Waals surface area contributed by atoms with Crippen molar-refractivity contribution in [2.24, 2.45) is 5.92 Å². The summed E-state index contributed by atoms with van der Waals surface area (Å²) in [6.07, 6.45) is 3.47. The molecule has 0 aromatic heterocycles. The van der Waals surface area contributed by atoms with Gasteiger partial charge in [0, 0.05) is 26.8 Å². The first-order valence-corrected chi connectivity index (χ1v) is 6.84. The van der Waals surface area contributed by atoms with Crippen LogP contribution < -0.4 is 0 Å². The van der Waals surface area contributed by atoms with Crippen LogP contribution in [0, 0.1) is 17.6 Å². The molecule has 0 aliphatic carbocycles. The van der Waals surface area contributed by atoms with Crippen LogP contribution in [-0.4, -0.2) is 31.7 Å². The first-order valence-electron chi connectivity index (χ1n) is 6.84. The standard InChI is InChI=1S/C15H21F2NO/c1-19-8-6-12-3-2-7-18(10-12)11-13-4-5-14(16)15(17)9-13/h4-5,9,12H,2-3,6-8,10-11H2,1H3. The van der Waals surface area contributed by atoms with Crippen LogP contribution in [0.4, 0.5) is 8.78 Å². The van der Waals surface area contributed by atoms with E-state index in [0.29, 0.717) is 12.5 Å². The number of rotatable bonds is 5. The third-order valence-corrected chi connectivity index (χ3v) is 3.72. The Bertz CT molecular complexity index is 411. The molecule has 19 heavy (non-hydrogen) atoms. The predicted molar refractivity (Wildman–Crippen MR) is 70.9 cm³/mol. The van der Waals surface area contributed by atoms with Crippen LogP contribution >= 0.6 is 0 Å². The normalized spacial score (nSPS) is 20.7. The Morgan fingerprint density at radius 3 is 2.89 bits per heavy atom. The predicted octanol–water partition coefficient (Wildman–Crippen LogP) is 3.21. The molecule has 1 heterocycles. The number of nitrogens with zero attached hydrogens (tertiary/aromatic N) is 1. The summed E-state index contributed by atoms with van der Waals surface area (Å²) >= 11 is 0. The van der Waals surface area contributed by atoms with Crippen molar-refractivity contribution in [3.63, 3.8) is 0 Å². The topological polar surface area (TPSA) is 12.5 Å². The minimum atomic E-state index is -0.777. The average Bonchev–Trinajstić information content (AvgIpc) is 2.41. The molecule has 1 aromatic rings. The lowest BCUT2D eigenvalue weighted by Crippen LogP contribution is -2.35. The Morgan fingerprint density at radius 1 is 1.32 bits per heavy atom. The Labute approximate surface area is 113 Å². The largest absolute Gasteiger partial charge is 0.385 e. The maximum atomic E-state index is 13.2. The second kappa shape index (κ2) is 6.96. The highest BCUT2D eigenvalue weighted by atomic mass is 19.2. The Hall–Kier alpha value is -1.00. The zero-order valence-electron chi connectivity index (χ0n) is 11.4. The Kier molecular flexibility index (Phi) is 5.28. The second-order valence-corrected chi connectivity index (χ2v) is 5.27. The van der Waals surface area contributed by atoms with Gasteiger partial charge in [0.05, 0.1) is 0 Å². The fourth-order valence-corrected chi connectivity index (χ4v) is 2.71. The lowest BCUT2D eigenvalue weighted by Gasteiger charge is -2.32. The van der Waals surface area contributed by atoms with E-state index in [2.05, 4.69) is 4.90 Å². The van der Waals surface area contributed by atoms with Crippen molar-refractivity contribution in [3.8, 4) is 0 Å². The van der Waals surface area contributed by atoms with Crippen LogP contribution in [0.1, 0.15) is 24.8 Å². The molecule has 1 atom stereocenters. The highest BCUT2D eigenvalue weighted by Gasteiger charge is 2.19.